The molecular weight excluding hydrogens is 428 g/mol. The van der Waals surface area contributed by atoms with Gasteiger partial charge in [-0.25, -0.2) is 9.78 Å². The number of rotatable bonds is 7. The van der Waals surface area contributed by atoms with E-state index in [1.807, 2.05) is 48.6 Å². The molecule has 0 spiro atoms. The first-order chi connectivity index (χ1) is 15.5. The highest BCUT2D eigenvalue weighted by Gasteiger charge is 2.10. The van der Waals surface area contributed by atoms with Gasteiger partial charge in [-0.05, 0) is 42.0 Å². The number of benzene rings is 3. The number of esters is 1. The summed E-state index contributed by atoms with van der Waals surface area (Å²) >= 11 is 1.39. The van der Waals surface area contributed by atoms with Gasteiger partial charge in [-0.1, -0.05) is 30.3 Å². The molecule has 0 aliphatic heterocycles. The van der Waals surface area contributed by atoms with Crippen molar-refractivity contribution in [3.63, 3.8) is 0 Å². The summed E-state index contributed by atoms with van der Waals surface area (Å²) in [6, 6.07) is 19.3. The second kappa shape index (κ2) is 9.40. The zero-order valence-corrected chi connectivity index (χ0v) is 17.9. The van der Waals surface area contributed by atoms with E-state index in [9.17, 15) is 14.9 Å². The minimum Gasteiger partial charge on any atom is -0.488 e. The second-order valence-corrected chi connectivity index (χ2v) is 7.87. The molecule has 4 aromatic rings. The van der Waals surface area contributed by atoms with E-state index in [2.05, 4.69) is 4.98 Å². The standard InChI is InChI=1S/C24H18N2O5S/c1-30-24(27)18-8-6-16(7-9-18)15-31-21-5-3-2-4-17(21)10-13-23-25-20-12-11-19(26(28)29)14-22(20)32-23/h2-14H,15H2,1H3. The number of aromatic nitrogens is 1. The first-order valence-electron chi connectivity index (χ1n) is 9.65. The van der Waals surface area contributed by atoms with Crippen LogP contribution in [0.15, 0.2) is 66.7 Å². The fourth-order valence-electron chi connectivity index (χ4n) is 3.04. The van der Waals surface area contributed by atoms with Crippen LogP contribution in [-0.2, 0) is 11.3 Å². The molecule has 0 atom stereocenters. The maximum atomic E-state index is 11.5. The van der Waals surface area contributed by atoms with Crippen LogP contribution in [0.3, 0.4) is 0 Å². The minimum atomic E-state index is -0.411. The molecule has 0 fully saturated rings. The lowest BCUT2D eigenvalue weighted by molar-refractivity contribution is -0.384. The van der Waals surface area contributed by atoms with Crippen molar-refractivity contribution in [3.05, 3.63) is 98.5 Å². The molecule has 1 heterocycles. The second-order valence-electron chi connectivity index (χ2n) is 6.81. The monoisotopic (exact) mass is 446 g/mol. The third kappa shape index (κ3) is 4.81. The third-order valence-electron chi connectivity index (χ3n) is 4.69. The third-order valence-corrected chi connectivity index (χ3v) is 5.68. The SMILES string of the molecule is COC(=O)c1ccc(COc2ccccc2C=Cc2nc3ccc([N+](=O)[O-])cc3s2)cc1. The van der Waals surface area contributed by atoms with Gasteiger partial charge in [0.15, 0.2) is 0 Å². The maximum absolute atomic E-state index is 11.5. The van der Waals surface area contributed by atoms with Crippen LogP contribution in [0.5, 0.6) is 5.75 Å². The minimum absolute atomic E-state index is 0.0510. The topological polar surface area (TPSA) is 91.6 Å². The highest BCUT2D eigenvalue weighted by Crippen LogP contribution is 2.28. The molecule has 7 nitrogen and oxygen atoms in total. The van der Waals surface area contributed by atoms with Crippen LogP contribution in [0.2, 0.25) is 0 Å². The van der Waals surface area contributed by atoms with E-state index in [0.29, 0.717) is 17.9 Å². The first-order valence-corrected chi connectivity index (χ1v) is 10.5. The Morgan fingerprint density at radius 3 is 2.62 bits per heavy atom. The number of hydrogen-bond donors (Lipinski definition) is 0. The van der Waals surface area contributed by atoms with Crippen molar-refractivity contribution < 1.29 is 19.2 Å². The Kier molecular flexibility index (Phi) is 6.23. The number of non-ortho nitro benzene ring substituents is 1. The largest absolute Gasteiger partial charge is 0.488 e. The molecule has 0 saturated heterocycles. The number of ether oxygens (including phenoxy) is 2. The molecule has 0 aliphatic carbocycles. The molecule has 3 aromatic carbocycles. The average Bonchev–Trinajstić information content (AvgIpc) is 3.24. The van der Waals surface area contributed by atoms with Gasteiger partial charge >= 0.3 is 5.97 Å². The summed E-state index contributed by atoms with van der Waals surface area (Å²) < 4.78 is 11.5. The number of thiazole rings is 1. The number of carbonyl (C=O) groups is 1. The van der Waals surface area contributed by atoms with E-state index in [0.717, 1.165) is 26.4 Å². The molecule has 1 aromatic heterocycles. The van der Waals surface area contributed by atoms with E-state index in [1.165, 1.54) is 30.6 Å². The molecule has 0 aliphatic rings. The Balaban J connectivity index is 1.48. The van der Waals surface area contributed by atoms with Crippen LogP contribution in [0.25, 0.3) is 22.4 Å². The number of nitro benzene ring substituents is 1. The lowest BCUT2D eigenvalue weighted by Crippen LogP contribution is -2.02. The van der Waals surface area contributed by atoms with E-state index >= 15 is 0 Å². The average molecular weight is 446 g/mol. The summed E-state index contributed by atoms with van der Waals surface area (Å²) in [6.07, 6.45) is 3.77. The molecule has 0 bridgehead atoms. The van der Waals surface area contributed by atoms with E-state index < -0.39 is 4.92 Å². The molecule has 0 amide bonds. The highest BCUT2D eigenvalue weighted by molar-refractivity contribution is 7.19. The van der Waals surface area contributed by atoms with Gasteiger partial charge in [0, 0.05) is 17.7 Å². The Morgan fingerprint density at radius 2 is 1.88 bits per heavy atom. The number of fused-ring (bicyclic) bond motifs is 1. The molecule has 4 rings (SSSR count). The molecule has 0 saturated carbocycles. The Labute approximate surface area is 187 Å². The van der Waals surface area contributed by atoms with Crippen LogP contribution < -0.4 is 4.74 Å². The summed E-state index contributed by atoms with van der Waals surface area (Å²) in [7, 11) is 1.35. The molecule has 0 radical (unpaired) electrons. The number of hydrogen-bond acceptors (Lipinski definition) is 7. The normalized spacial score (nSPS) is 11.0. The highest BCUT2D eigenvalue weighted by atomic mass is 32.1. The molecule has 0 N–H and O–H groups in total. The molecule has 32 heavy (non-hydrogen) atoms. The predicted octanol–water partition coefficient (Wildman–Crippen LogP) is 5.74. The zero-order chi connectivity index (χ0) is 22.5. The van der Waals surface area contributed by atoms with Crippen LogP contribution in [-0.4, -0.2) is 23.0 Å². The van der Waals surface area contributed by atoms with Gasteiger partial charge in [0.05, 0.1) is 27.8 Å². The summed E-state index contributed by atoms with van der Waals surface area (Å²) in [5.74, 6) is 0.329. The van der Waals surface area contributed by atoms with Gasteiger partial charge in [0.25, 0.3) is 5.69 Å². The number of nitro groups is 1. The Morgan fingerprint density at radius 1 is 1.09 bits per heavy atom. The summed E-state index contributed by atoms with van der Waals surface area (Å²) in [5, 5.41) is 11.7. The van der Waals surface area contributed by atoms with E-state index in [4.69, 9.17) is 9.47 Å². The first kappa shape index (κ1) is 21.2. The number of methoxy groups -OCH3 is 1. The number of nitrogens with zero attached hydrogens (tertiary/aromatic N) is 2. The molecule has 160 valence electrons. The quantitative estimate of drug-likeness (QED) is 0.204. The van der Waals surface area contributed by atoms with Crippen LogP contribution in [0, 0.1) is 10.1 Å². The lowest BCUT2D eigenvalue weighted by Gasteiger charge is -2.09. The molecule has 0 unspecified atom stereocenters. The molecule has 8 heteroatoms. The summed E-state index contributed by atoms with van der Waals surface area (Å²) in [5.41, 5.74) is 3.06. The van der Waals surface area contributed by atoms with Crippen molar-refractivity contribution in [2.45, 2.75) is 6.61 Å². The van der Waals surface area contributed by atoms with Crippen LogP contribution in [0.1, 0.15) is 26.5 Å². The van der Waals surface area contributed by atoms with Gasteiger partial charge in [0.2, 0.25) is 0 Å². The van der Waals surface area contributed by atoms with Gasteiger partial charge in [-0.2, -0.15) is 0 Å². The van der Waals surface area contributed by atoms with Gasteiger partial charge in [0.1, 0.15) is 17.4 Å². The number of carbonyl (C=O) groups excluding carboxylic acids is 1. The van der Waals surface area contributed by atoms with E-state index in [1.54, 1.807) is 18.2 Å². The van der Waals surface area contributed by atoms with Crippen molar-refractivity contribution in [2.24, 2.45) is 0 Å². The Bertz CT molecular complexity index is 1310. The van der Waals surface area contributed by atoms with Crippen LogP contribution >= 0.6 is 11.3 Å². The van der Waals surface area contributed by atoms with Crippen molar-refractivity contribution >= 4 is 45.4 Å². The molecular formula is C24H18N2O5S. The maximum Gasteiger partial charge on any atom is 0.337 e. The zero-order valence-electron chi connectivity index (χ0n) is 17.1. The smallest absolute Gasteiger partial charge is 0.337 e. The Hall–Kier alpha value is -4.04. The fourth-order valence-corrected chi connectivity index (χ4v) is 3.95. The number of para-hydroxylation sites is 1. The lowest BCUT2D eigenvalue weighted by atomic mass is 10.1. The van der Waals surface area contributed by atoms with Gasteiger partial charge < -0.3 is 9.47 Å². The predicted molar refractivity (Wildman–Crippen MR) is 124 cm³/mol. The van der Waals surface area contributed by atoms with Crippen molar-refractivity contribution in [3.8, 4) is 5.75 Å². The van der Waals surface area contributed by atoms with Crippen molar-refractivity contribution in [1.82, 2.24) is 4.98 Å². The summed E-state index contributed by atoms with van der Waals surface area (Å²) in [6.45, 7) is 0.344. The van der Waals surface area contributed by atoms with Crippen molar-refractivity contribution in [1.29, 1.82) is 0 Å². The van der Waals surface area contributed by atoms with Crippen LogP contribution in [0.4, 0.5) is 5.69 Å². The van der Waals surface area contributed by atoms with Crippen molar-refractivity contribution in [2.75, 3.05) is 7.11 Å². The van der Waals surface area contributed by atoms with Gasteiger partial charge in [-0.3, -0.25) is 10.1 Å². The van der Waals surface area contributed by atoms with E-state index in [-0.39, 0.29) is 11.7 Å². The summed E-state index contributed by atoms with van der Waals surface area (Å²) in [4.78, 5) is 26.6. The van der Waals surface area contributed by atoms with Gasteiger partial charge in [-0.15, -0.1) is 11.3 Å². The fraction of sp³-hybridized carbons (Fsp3) is 0.0833.